The molecule has 4 rings (SSSR count). The Kier molecular flexibility index (Phi) is 6.92. The van der Waals surface area contributed by atoms with E-state index >= 15 is 0 Å². The molecule has 2 aromatic carbocycles. The van der Waals surface area contributed by atoms with E-state index in [4.69, 9.17) is 16.3 Å². The average molecular weight is 491 g/mol. The van der Waals surface area contributed by atoms with E-state index in [1.807, 2.05) is 4.90 Å². The maximum atomic E-state index is 13.1. The third-order valence-corrected chi connectivity index (χ3v) is 5.67. The van der Waals surface area contributed by atoms with Gasteiger partial charge in [0.15, 0.2) is 12.4 Å². The molecule has 34 heavy (non-hydrogen) atoms. The molecule has 1 amide bonds. The average Bonchev–Trinajstić information content (AvgIpc) is 2.83. The number of amides is 1. The second kappa shape index (κ2) is 9.89. The quantitative estimate of drug-likeness (QED) is 0.511. The Labute approximate surface area is 199 Å². The number of aryl methyl sites for hydroxylation is 1. The molecule has 0 spiro atoms. The van der Waals surface area contributed by atoms with E-state index in [2.05, 4.69) is 9.97 Å². The number of halogens is 4. The first-order chi connectivity index (χ1) is 16.2. The molecular weight excluding hydrogens is 469 g/mol. The molecule has 1 aliphatic rings. The number of piperazine rings is 1. The zero-order valence-electron chi connectivity index (χ0n) is 18.3. The minimum absolute atomic E-state index is 0.0755. The van der Waals surface area contributed by atoms with Crippen molar-refractivity contribution in [3.8, 4) is 17.1 Å². The first-order valence-electron chi connectivity index (χ1n) is 10.6. The Bertz CT molecular complexity index is 1160. The van der Waals surface area contributed by atoms with Gasteiger partial charge in [0.2, 0.25) is 0 Å². The van der Waals surface area contributed by atoms with Gasteiger partial charge in [-0.2, -0.15) is 13.2 Å². The van der Waals surface area contributed by atoms with E-state index in [9.17, 15) is 18.0 Å². The summed E-state index contributed by atoms with van der Waals surface area (Å²) in [7, 11) is 0. The number of aromatic nitrogens is 2. The first kappa shape index (κ1) is 23.8. The van der Waals surface area contributed by atoms with E-state index in [1.54, 1.807) is 48.2 Å². The van der Waals surface area contributed by atoms with E-state index < -0.39 is 11.7 Å². The molecule has 3 aromatic rings. The SMILES string of the molecule is Cc1cc(N2CCN(C(=O)COc3ccc(Cl)cc3)CC2)nc(-c2cccc(C(F)(F)F)c2)n1. The second-order valence-corrected chi connectivity index (χ2v) is 8.32. The highest BCUT2D eigenvalue weighted by Crippen LogP contribution is 2.32. The van der Waals surface area contributed by atoms with E-state index in [0.29, 0.717) is 54.0 Å². The summed E-state index contributed by atoms with van der Waals surface area (Å²) in [4.78, 5) is 25.1. The molecule has 0 unspecified atom stereocenters. The summed E-state index contributed by atoms with van der Waals surface area (Å²) < 4.78 is 44.9. The molecule has 1 aliphatic heterocycles. The fraction of sp³-hybridized carbons (Fsp3) is 0.292. The smallest absolute Gasteiger partial charge is 0.416 e. The minimum Gasteiger partial charge on any atom is -0.484 e. The van der Waals surface area contributed by atoms with Crippen LogP contribution in [0.3, 0.4) is 0 Å². The molecule has 10 heteroatoms. The minimum atomic E-state index is -4.44. The van der Waals surface area contributed by atoms with Gasteiger partial charge in [0.1, 0.15) is 11.6 Å². The van der Waals surface area contributed by atoms with E-state index in [-0.39, 0.29) is 18.3 Å². The van der Waals surface area contributed by atoms with Crippen molar-refractivity contribution in [1.82, 2.24) is 14.9 Å². The molecule has 0 N–H and O–H groups in total. The lowest BCUT2D eigenvalue weighted by Crippen LogP contribution is -2.50. The molecule has 1 fully saturated rings. The zero-order valence-corrected chi connectivity index (χ0v) is 19.1. The predicted molar refractivity (Wildman–Crippen MR) is 123 cm³/mol. The normalized spacial score (nSPS) is 14.3. The van der Waals surface area contributed by atoms with Crippen LogP contribution in [0.4, 0.5) is 19.0 Å². The highest BCUT2D eigenvalue weighted by Gasteiger charge is 2.31. The topological polar surface area (TPSA) is 58.6 Å². The third-order valence-electron chi connectivity index (χ3n) is 5.42. The number of nitrogens with zero attached hydrogens (tertiary/aromatic N) is 4. The molecule has 0 aliphatic carbocycles. The lowest BCUT2D eigenvalue weighted by molar-refractivity contribution is -0.137. The Balaban J connectivity index is 1.40. The second-order valence-electron chi connectivity index (χ2n) is 7.88. The van der Waals surface area contributed by atoms with Crippen LogP contribution in [0.2, 0.25) is 5.02 Å². The monoisotopic (exact) mass is 490 g/mol. The van der Waals surface area contributed by atoms with Crippen LogP contribution in [0.5, 0.6) is 5.75 Å². The van der Waals surface area contributed by atoms with Gasteiger partial charge in [-0.15, -0.1) is 0 Å². The van der Waals surface area contributed by atoms with Gasteiger partial charge in [0.25, 0.3) is 5.91 Å². The van der Waals surface area contributed by atoms with Gasteiger partial charge in [0, 0.05) is 48.5 Å². The number of carbonyl (C=O) groups excluding carboxylic acids is 1. The molecule has 2 heterocycles. The van der Waals surface area contributed by atoms with Crippen molar-refractivity contribution in [2.24, 2.45) is 0 Å². The van der Waals surface area contributed by atoms with Crippen molar-refractivity contribution < 1.29 is 22.7 Å². The molecule has 0 atom stereocenters. The van der Waals surface area contributed by atoms with E-state index in [0.717, 1.165) is 12.1 Å². The summed E-state index contributed by atoms with van der Waals surface area (Å²) in [6.07, 6.45) is -4.44. The summed E-state index contributed by atoms with van der Waals surface area (Å²) in [5, 5.41) is 0.589. The number of benzene rings is 2. The number of anilines is 1. The summed E-state index contributed by atoms with van der Waals surface area (Å²) in [5.74, 6) is 1.29. The Hall–Kier alpha value is -3.33. The Morgan fingerprint density at radius 2 is 1.74 bits per heavy atom. The van der Waals surface area contributed by atoms with Crippen molar-refractivity contribution in [2.45, 2.75) is 13.1 Å². The van der Waals surface area contributed by atoms with Gasteiger partial charge in [-0.25, -0.2) is 9.97 Å². The number of ether oxygens (including phenoxy) is 1. The van der Waals surface area contributed by atoms with Crippen molar-refractivity contribution in [1.29, 1.82) is 0 Å². The fourth-order valence-electron chi connectivity index (χ4n) is 3.63. The van der Waals surface area contributed by atoms with Crippen LogP contribution in [0, 0.1) is 6.92 Å². The molecule has 6 nitrogen and oxygen atoms in total. The van der Waals surface area contributed by atoms with Crippen LogP contribution in [0.15, 0.2) is 54.6 Å². The summed E-state index contributed by atoms with van der Waals surface area (Å²) in [6, 6.07) is 13.6. The van der Waals surface area contributed by atoms with Crippen LogP contribution >= 0.6 is 11.6 Å². The van der Waals surface area contributed by atoms with Gasteiger partial charge in [0.05, 0.1) is 5.56 Å². The van der Waals surface area contributed by atoms with Crippen molar-refractivity contribution in [2.75, 3.05) is 37.7 Å². The summed E-state index contributed by atoms with van der Waals surface area (Å²) >= 11 is 5.85. The van der Waals surface area contributed by atoms with Crippen molar-refractivity contribution in [3.05, 3.63) is 70.9 Å². The van der Waals surface area contributed by atoms with Gasteiger partial charge < -0.3 is 14.5 Å². The summed E-state index contributed by atoms with van der Waals surface area (Å²) in [5.41, 5.74) is 0.199. The maximum Gasteiger partial charge on any atom is 0.416 e. The number of rotatable bonds is 5. The molecule has 1 saturated heterocycles. The molecule has 178 valence electrons. The van der Waals surface area contributed by atoms with E-state index in [1.165, 1.54) is 6.07 Å². The van der Waals surface area contributed by atoms with Crippen LogP contribution in [-0.4, -0.2) is 53.6 Å². The third kappa shape index (κ3) is 5.77. The zero-order chi connectivity index (χ0) is 24.3. The maximum absolute atomic E-state index is 13.1. The fourth-order valence-corrected chi connectivity index (χ4v) is 3.76. The highest BCUT2D eigenvalue weighted by molar-refractivity contribution is 6.30. The van der Waals surface area contributed by atoms with Crippen LogP contribution in [0.25, 0.3) is 11.4 Å². The lowest BCUT2D eigenvalue weighted by atomic mass is 10.1. The molecular formula is C24H22ClF3N4O2. The molecule has 0 bridgehead atoms. The van der Waals surface area contributed by atoms with Gasteiger partial charge in [-0.05, 0) is 43.3 Å². The predicted octanol–water partition coefficient (Wildman–Crippen LogP) is 4.85. The van der Waals surface area contributed by atoms with Crippen LogP contribution < -0.4 is 9.64 Å². The first-order valence-corrected chi connectivity index (χ1v) is 11.0. The Morgan fingerprint density at radius 3 is 2.41 bits per heavy atom. The number of carbonyl (C=O) groups is 1. The summed E-state index contributed by atoms with van der Waals surface area (Å²) in [6.45, 7) is 3.72. The highest BCUT2D eigenvalue weighted by atomic mass is 35.5. The lowest BCUT2D eigenvalue weighted by Gasteiger charge is -2.35. The number of hydrogen-bond acceptors (Lipinski definition) is 5. The number of alkyl halides is 3. The molecule has 1 aromatic heterocycles. The Morgan fingerprint density at radius 1 is 1.03 bits per heavy atom. The van der Waals surface area contributed by atoms with Gasteiger partial charge in [-0.3, -0.25) is 4.79 Å². The molecule has 0 radical (unpaired) electrons. The largest absolute Gasteiger partial charge is 0.484 e. The molecule has 0 saturated carbocycles. The number of hydrogen-bond donors (Lipinski definition) is 0. The van der Waals surface area contributed by atoms with Crippen LogP contribution in [-0.2, 0) is 11.0 Å². The standard InChI is InChI=1S/C24H22ClF3N4O2/c1-16-13-21(30-23(29-16)17-3-2-4-18(14-17)24(26,27)28)31-9-11-32(12-10-31)22(33)15-34-20-7-5-19(25)6-8-20/h2-8,13-14H,9-12,15H2,1H3. The van der Waals surface area contributed by atoms with Crippen molar-refractivity contribution >= 4 is 23.3 Å². The van der Waals surface area contributed by atoms with Gasteiger partial charge in [-0.1, -0.05) is 23.7 Å². The van der Waals surface area contributed by atoms with Crippen molar-refractivity contribution in [3.63, 3.8) is 0 Å². The van der Waals surface area contributed by atoms with Gasteiger partial charge >= 0.3 is 6.18 Å². The van der Waals surface area contributed by atoms with Crippen LogP contribution in [0.1, 0.15) is 11.3 Å².